The Morgan fingerprint density at radius 3 is 2.61 bits per heavy atom. The summed E-state index contributed by atoms with van der Waals surface area (Å²) in [5, 5.41) is 15.0. The van der Waals surface area contributed by atoms with E-state index in [-0.39, 0.29) is 29.0 Å². The van der Waals surface area contributed by atoms with Gasteiger partial charge < -0.3 is 15.4 Å². The number of methoxy groups -OCH3 is 1. The first-order valence-electron chi connectivity index (χ1n) is 7.07. The van der Waals surface area contributed by atoms with Crippen molar-refractivity contribution >= 4 is 29.2 Å². The van der Waals surface area contributed by atoms with E-state index in [2.05, 4.69) is 21.4 Å². The first kappa shape index (κ1) is 18.8. The zero-order valence-corrected chi connectivity index (χ0v) is 14.3. The van der Waals surface area contributed by atoms with Crippen molar-refractivity contribution in [1.82, 2.24) is 5.32 Å². The quantitative estimate of drug-likeness (QED) is 0.778. The molecule has 0 saturated carbocycles. The van der Waals surface area contributed by atoms with Crippen LogP contribution in [0.5, 0.6) is 0 Å². The fraction of sp³-hybridized carbons (Fsp3) is 0.438. The fourth-order valence-corrected chi connectivity index (χ4v) is 1.91. The lowest BCUT2D eigenvalue weighted by Gasteiger charge is -2.27. The molecule has 0 heterocycles. The monoisotopic (exact) mass is 337 g/mol. The molecule has 23 heavy (non-hydrogen) atoms. The summed E-state index contributed by atoms with van der Waals surface area (Å²) in [6.07, 6.45) is 0. The van der Waals surface area contributed by atoms with Crippen molar-refractivity contribution in [2.24, 2.45) is 5.92 Å². The molecule has 1 aromatic rings. The van der Waals surface area contributed by atoms with E-state index in [4.69, 9.17) is 11.6 Å². The molecule has 0 aromatic heterocycles. The Kier molecular flexibility index (Phi) is 6.40. The molecular weight excluding hydrogens is 318 g/mol. The standard InChI is InChI=1S/C16H20ClN3O3/c1-10(2)16(3,9-18)20-14(21)8-19-11-5-6-13(17)12(7-11)15(22)23-4/h5-7,10,19H,8H2,1-4H3,(H,20,21)/t16-/m0/s1. The van der Waals surface area contributed by atoms with Crippen LogP contribution in [0.4, 0.5) is 5.69 Å². The molecule has 0 radical (unpaired) electrons. The summed E-state index contributed by atoms with van der Waals surface area (Å²) in [5.41, 5.74) is -0.174. The highest BCUT2D eigenvalue weighted by Crippen LogP contribution is 2.21. The Bertz CT molecular complexity index is 640. The molecule has 2 N–H and O–H groups in total. The highest BCUT2D eigenvalue weighted by Gasteiger charge is 2.29. The number of ether oxygens (including phenoxy) is 1. The van der Waals surface area contributed by atoms with Crippen LogP contribution in [0.15, 0.2) is 18.2 Å². The van der Waals surface area contributed by atoms with Crippen LogP contribution < -0.4 is 10.6 Å². The molecule has 0 aliphatic carbocycles. The number of nitrogens with zero attached hydrogens (tertiary/aromatic N) is 1. The van der Waals surface area contributed by atoms with Gasteiger partial charge in [0.1, 0.15) is 5.54 Å². The van der Waals surface area contributed by atoms with Crippen LogP contribution >= 0.6 is 11.6 Å². The Hall–Kier alpha value is -2.26. The molecule has 7 heteroatoms. The average molecular weight is 338 g/mol. The van der Waals surface area contributed by atoms with E-state index in [1.165, 1.54) is 13.2 Å². The Balaban J connectivity index is 2.74. The number of amides is 1. The molecule has 0 fully saturated rings. The van der Waals surface area contributed by atoms with Crippen molar-refractivity contribution in [1.29, 1.82) is 5.26 Å². The minimum absolute atomic E-state index is 0.0297. The van der Waals surface area contributed by atoms with Crippen LogP contribution in [0.25, 0.3) is 0 Å². The van der Waals surface area contributed by atoms with E-state index < -0.39 is 11.5 Å². The molecule has 0 aliphatic heterocycles. The number of carbonyl (C=O) groups excluding carboxylic acids is 2. The van der Waals surface area contributed by atoms with Gasteiger partial charge in [0.25, 0.3) is 0 Å². The van der Waals surface area contributed by atoms with Gasteiger partial charge in [-0.1, -0.05) is 25.4 Å². The maximum absolute atomic E-state index is 12.0. The lowest BCUT2D eigenvalue weighted by Crippen LogP contribution is -2.50. The normalized spacial score (nSPS) is 12.9. The second-order valence-corrected chi connectivity index (χ2v) is 5.96. The SMILES string of the molecule is COC(=O)c1cc(NCC(=O)N[C@@](C)(C#N)C(C)C)ccc1Cl. The summed E-state index contributed by atoms with van der Waals surface area (Å²) >= 11 is 5.93. The number of halogens is 1. The third kappa shape index (κ3) is 4.86. The highest BCUT2D eigenvalue weighted by molar-refractivity contribution is 6.33. The molecule has 1 atom stereocenters. The van der Waals surface area contributed by atoms with E-state index in [1.807, 2.05) is 13.8 Å². The highest BCUT2D eigenvalue weighted by atomic mass is 35.5. The first-order chi connectivity index (χ1) is 10.7. The van der Waals surface area contributed by atoms with E-state index >= 15 is 0 Å². The molecule has 1 aromatic carbocycles. The molecular formula is C16H20ClN3O3. The summed E-state index contributed by atoms with van der Waals surface area (Å²) in [5.74, 6) is -0.907. The van der Waals surface area contributed by atoms with E-state index in [1.54, 1.807) is 19.1 Å². The average Bonchev–Trinajstić information content (AvgIpc) is 2.52. The van der Waals surface area contributed by atoms with Crippen molar-refractivity contribution < 1.29 is 14.3 Å². The minimum atomic E-state index is -0.935. The lowest BCUT2D eigenvalue weighted by molar-refractivity contribution is -0.121. The summed E-state index contributed by atoms with van der Waals surface area (Å²) in [6, 6.07) is 6.81. The van der Waals surface area contributed by atoms with Gasteiger partial charge in [0.05, 0.1) is 30.3 Å². The topological polar surface area (TPSA) is 91.2 Å². The zero-order valence-electron chi connectivity index (χ0n) is 13.6. The lowest BCUT2D eigenvalue weighted by atomic mass is 9.90. The summed E-state index contributed by atoms with van der Waals surface area (Å²) in [4.78, 5) is 23.6. The molecule has 124 valence electrons. The number of nitriles is 1. The van der Waals surface area contributed by atoms with E-state index in [9.17, 15) is 14.9 Å². The van der Waals surface area contributed by atoms with Crippen molar-refractivity contribution in [3.8, 4) is 6.07 Å². The van der Waals surface area contributed by atoms with Crippen LogP contribution in [-0.4, -0.2) is 31.1 Å². The van der Waals surface area contributed by atoms with Gasteiger partial charge in [0, 0.05) is 5.69 Å². The van der Waals surface area contributed by atoms with Crippen LogP contribution in [0, 0.1) is 17.2 Å². The van der Waals surface area contributed by atoms with Gasteiger partial charge in [-0.2, -0.15) is 5.26 Å². The summed E-state index contributed by atoms with van der Waals surface area (Å²) < 4.78 is 4.64. The number of carbonyl (C=O) groups is 2. The molecule has 1 amide bonds. The number of hydrogen-bond acceptors (Lipinski definition) is 5. The van der Waals surface area contributed by atoms with Gasteiger partial charge in [-0.25, -0.2) is 4.79 Å². The Morgan fingerprint density at radius 2 is 2.09 bits per heavy atom. The van der Waals surface area contributed by atoms with Gasteiger partial charge >= 0.3 is 5.97 Å². The van der Waals surface area contributed by atoms with Gasteiger partial charge in [-0.05, 0) is 31.0 Å². The minimum Gasteiger partial charge on any atom is -0.465 e. The predicted octanol–water partition coefficient (Wildman–Crippen LogP) is 2.59. The maximum atomic E-state index is 12.0. The van der Waals surface area contributed by atoms with Crippen molar-refractivity contribution in [3.63, 3.8) is 0 Å². The molecule has 0 unspecified atom stereocenters. The molecule has 1 rings (SSSR count). The third-order valence-corrected chi connectivity index (χ3v) is 3.94. The predicted molar refractivity (Wildman–Crippen MR) is 88.3 cm³/mol. The second-order valence-electron chi connectivity index (χ2n) is 5.56. The van der Waals surface area contributed by atoms with Crippen molar-refractivity contribution in [3.05, 3.63) is 28.8 Å². The summed E-state index contributed by atoms with van der Waals surface area (Å²) in [6.45, 7) is 5.36. The van der Waals surface area contributed by atoms with Crippen molar-refractivity contribution in [2.75, 3.05) is 19.0 Å². The first-order valence-corrected chi connectivity index (χ1v) is 7.45. The fourth-order valence-electron chi connectivity index (χ4n) is 1.72. The second kappa shape index (κ2) is 7.84. The summed E-state index contributed by atoms with van der Waals surface area (Å²) in [7, 11) is 1.26. The molecule has 0 bridgehead atoms. The van der Waals surface area contributed by atoms with Gasteiger partial charge in [-0.3, -0.25) is 4.79 Å². The number of rotatable bonds is 6. The van der Waals surface area contributed by atoms with Crippen molar-refractivity contribution in [2.45, 2.75) is 26.3 Å². The number of hydrogen-bond donors (Lipinski definition) is 2. The Morgan fingerprint density at radius 1 is 1.43 bits per heavy atom. The number of benzene rings is 1. The Labute approximate surface area is 140 Å². The van der Waals surface area contributed by atoms with Crippen LogP contribution in [0.1, 0.15) is 31.1 Å². The van der Waals surface area contributed by atoms with E-state index in [0.717, 1.165) is 0 Å². The maximum Gasteiger partial charge on any atom is 0.339 e. The van der Waals surface area contributed by atoms with Gasteiger partial charge in [-0.15, -0.1) is 0 Å². The third-order valence-electron chi connectivity index (χ3n) is 3.61. The van der Waals surface area contributed by atoms with Crippen LogP contribution in [-0.2, 0) is 9.53 Å². The van der Waals surface area contributed by atoms with Gasteiger partial charge in [0.2, 0.25) is 5.91 Å². The smallest absolute Gasteiger partial charge is 0.339 e. The van der Waals surface area contributed by atoms with Gasteiger partial charge in [0.15, 0.2) is 0 Å². The molecule has 0 saturated heterocycles. The van der Waals surface area contributed by atoms with E-state index in [0.29, 0.717) is 5.69 Å². The number of esters is 1. The molecule has 6 nitrogen and oxygen atoms in total. The van der Waals surface area contributed by atoms with Crippen LogP contribution in [0.3, 0.4) is 0 Å². The molecule has 0 spiro atoms. The number of anilines is 1. The number of nitrogens with one attached hydrogen (secondary N) is 2. The largest absolute Gasteiger partial charge is 0.465 e. The van der Waals surface area contributed by atoms with Crippen LogP contribution in [0.2, 0.25) is 5.02 Å². The molecule has 0 aliphatic rings. The zero-order chi connectivity index (χ0) is 17.6.